The van der Waals surface area contributed by atoms with Crippen LogP contribution in [0.25, 0.3) is 0 Å². The molecule has 0 saturated carbocycles. The highest BCUT2D eigenvalue weighted by Crippen LogP contribution is 2.30. The lowest BCUT2D eigenvalue weighted by atomic mass is 10.3. The summed E-state index contributed by atoms with van der Waals surface area (Å²) < 4.78 is 43.0. The summed E-state index contributed by atoms with van der Waals surface area (Å²) in [4.78, 5) is 11.2. The van der Waals surface area contributed by atoms with Crippen LogP contribution in [0.3, 0.4) is 0 Å². The quantitative estimate of drug-likeness (QED) is 0.722. The molecule has 26 heavy (non-hydrogen) atoms. The largest absolute Gasteiger partial charge is 0.493 e. The molecule has 1 amide bonds. The van der Waals surface area contributed by atoms with Crippen LogP contribution in [-0.4, -0.2) is 42.2 Å². The molecule has 0 radical (unpaired) electrons. The summed E-state index contributed by atoms with van der Waals surface area (Å²) in [6, 6.07) is 10.4. The highest BCUT2D eigenvalue weighted by molar-refractivity contribution is 7.92. The van der Waals surface area contributed by atoms with E-state index in [0.29, 0.717) is 22.9 Å². The van der Waals surface area contributed by atoms with Crippen LogP contribution in [0.5, 0.6) is 17.2 Å². The zero-order valence-corrected chi connectivity index (χ0v) is 15.4. The molecule has 140 valence electrons. The molecule has 0 atom stereocenters. The zero-order chi connectivity index (χ0) is 19.2. The number of carbonyl (C=O) groups excluding carboxylic acids is 1. The van der Waals surface area contributed by atoms with Crippen molar-refractivity contribution in [3.8, 4) is 17.2 Å². The van der Waals surface area contributed by atoms with Crippen molar-refractivity contribution in [1.82, 2.24) is 5.32 Å². The summed E-state index contributed by atoms with van der Waals surface area (Å²) in [5.74, 6) is 1.01. The van der Waals surface area contributed by atoms with Gasteiger partial charge in [0.05, 0.1) is 24.8 Å². The number of hydrogen-bond acceptors (Lipinski definition) is 6. The number of anilines is 1. The van der Waals surface area contributed by atoms with Gasteiger partial charge in [0.25, 0.3) is 15.9 Å². The molecule has 9 heteroatoms. The molecule has 2 aromatic rings. The van der Waals surface area contributed by atoms with Gasteiger partial charge in [0, 0.05) is 13.1 Å². The molecule has 0 aliphatic rings. The number of benzene rings is 2. The van der Waals surface area contributed by atoms with Gasteiger partial charge in [-0.3, -0.25) is 9.52 Å². The van der Waals surface area contributed by atoms with Gasteiger partial charge in [0.1, 0.15) is 5.75 Å². The summed E-state index contributed by atoms with van der Waals surface area (Å²) in [6.45, 7) is -0.146. The van der Waals surface area contributed by atoms with Gasteiger partial charge in [-0.05, 0) is 36.4 Å². The molecular weight excluding hydrogens is 360 g/mol. The number of amides is 1. The fraction of sp³-hybridized carbons (Fsp3) is 0.235. The number of nitrogens with one attached hydrogen (secondary N) is 2. The van der Waals surface area contributed by atoms with E-state index >= 15 is 0 Å². The fourth-order valence-corrected chi connectivity index (χ4v) is 3.10. The van der Waals surface area contributed by atoms with Gasteiger partial charge in [-0.1, -0.05) is 0 Å². The summed E-state index contributed by atoms with van der Waals surface area (Å²) in [6.07, 6.45) is 0. The van der Waals surface area contributed by atoms with Gasteiger partial charge >= 0.3 is 0 Å². The minimum Gasteiger partial charge on any atom is -0.493 e. The molecule has 0 aliphatic carbocycles. The SMILES string of the molecule is CNC(=O)COc1ccc(S(=O)(=O)Nc2ccc(OC)c(OC)c2)cc1. The topological polar surface area (TPSA) is 103 Å². The van der Waals surface area contributed by atoms with Gasteiger partial charge in [0.15, 0.2) is 18.1 Å². The maximum absolute atomic E-state index is 12.5. The summed E-state index contributed by atoms with van der Waals surface area (Å²) >= 11 is 0. The van der Waals surface area contributed by atoms with Crippen molar-refractivity contribution in [2.75, 3.05) is 32.6 Å². The Balaban J connectivity index is 2.13. The van der Waals surface area contributed by atoms with Crippen molar-refractivity contribution in [2.45, 2.75) is 4.90 Å². The van der Waals surface area contributed by atoms with E-state index in [1.54, 1.807) is 12.1 Å². The van der Waals surface area contributed by atoms with Crippen LogP contribution in [0.2, 0.25) is 0 Å². The molecule has 2 aromatic carbocycles. The number of hydrogen-bond donors (Lipinski definition) is 2. The van der Waals surface area contributed by atoms with Gasteiger partial charge in [-0.15, -0.1) is 0 Å². The van der Waals surface area contributed by atoms with E-state index in [0.717, 1.165) is 0 Å². The third kappa shape index (κ3) is 4.79. The normalized spacial score (nSPS) is 10.7. The number of carbonyl (C=O) groups is 1. The van der Waals surface area contributed by atoms with Crippen molar-refractivity contribution < 1.29 is 27.4 Å². The first-order valence-electron chi connectivity index (χ1n) is 7.58. The third-order valence-corrected chi connectivity index (χ3v) is 4.82. The average Bonchev–Trinajstić information content (AvgIpc) is 2.65. The lowest BCUT2D eigenvalue weighted by Gasteiger charge is -2.12. The maximum atomic E-state index is 12.5. The highest BCUT2D eigenvalue weighted by atomic mass is 32.2. The zero-order valence-electron chi connectivity index (χ0n) is 14.6. The molecule has 0 unspecified atom stereocenters. The maximum Gasteiger partial charge on any atom is 0.261 e. The molecule has 0 bridgehead atoms. The number of ether oxygens (including phenoxy) is 3. The molecule has 2 rings (SSSR count). The van der Waals surface area contributed by atoms with Crippen molar-refractivity contribution in [3.05, 3.63) is 42.5 Å². The van der Waals surface area contributed by atoms with Gasteiger partial charge in [-0.25, -0.2) is 8.42 Å². The summed E-state index contributed by atoms with van der Waals surface area (Å²) in [5.41, 5.74) is 0.336. The van der Waals surface area contributed by atoms with E-state index in [1.165, 1.54) is 51.6 Å². The van der Waals surface area contributed by atoms with Crippen molar-refractivity contribution in [2.24, 2.45) is 0 Å². The molecule has 0 spiro atoms. The molecule has 2 N–H and O–H groups in total. The summed E-state index contributed by atoms with van der Waals surface area (Å²) in [5, 5.41) is 2.43. The number of rotatable bonds is 8. The van der Waals surface area contributed by atoms with Crippen LogP contribution in [0.15, 0.2) is 47.4 Å². The first kappa shape index (κ1) is 19.4. The average molecular weight is 380 g/mol. The second kappa shape index (κ2) is 8.43. The van der Waals surface area contributed by atoms with E-state index in [-0.39, 0.29) is 17.4 Å². The van der Waals surface area contributed by atoms with Crippen molar-refractivity contribution in [3.63, 3.8) is 0 Å². The molecular formula is C17H20N2O6S. The van der Waals surface area contributed by atoms with Crippen LogP contribution in [-0.2, 0) is 14.8 Å². The molecule has 0 heterocycles. The molecule has 8 nitrogen and oxygen atoms in total. The van der Waals surface area contributed by atoms with Crippen LogP contribution < -0.4 is 24.2 Å². The number of likely N-dealkylation sites (N-methyl/N-ethyl adjacent to an activating group) is 1. The second-order valence-corrected chi connectivity index (χ2v) is 6.79. The van der Waals surface area contributed by atoms with Crippen molar-refractivity contribution >= 4 is 21.6 Å². The van der Waals surface area contributed by atoms with Crippen LogP contribution in [0.4, 0.5) is 5.69 Å². The fourth-order valence-electron chi connectivity index (χ4n) is 2.05. The predicted octanol–water partition coefficient (Wildman–Crippen LogP) is 1.63. The molecule has 0 aliphatic heterocycles. The van der Waals surface area contributed by atoms with E-state index in [9.17, 15) is 13.2 Å². The number of methoxy groups -OCH3 is 2. The van der Waals surface area contributed by atoms with E-state index in [4.69, 9.17) is 14.2 Å². The van der Waals surface area contributed by atoms with Gasteiger partial charge < -0.3 is 19.5 Å². The molecule has 0 fully saturated rings. The highest BCUT2D eigenvalue weighted by Gasteiger charge is 2.16. The van der Waals surface area contributed by atoms with E-state index in [2.05, 4.69) is 10.0 Å². The Morgan fingerprint density at radius 2 is 1.65 bits per heavy atom. The Morgan fingerprint density at radius 3 is 2.23 bits per heavy atom. The van der Waals surface area contributed by atoms with Crippen molar-refractivity contribution in [1.29, 1.82) is 0 Å². The Bertz CT molecular complexity index is 865. The van der Waals surface area contributed by atoms with E-state index < -0.39 is 10.0 Å². The first-order chi connectivity index (χ1) is 12.4. The van der Waals surface area contributed by atoms with E-state index in [1.807, 2.05) is 0 Å². The minimum atomic E-state index is -3.79. The van der Waals surface area contributed by atoms with Crippen LogP contribution in [0, 0.1) is 0 Å². The summed E-state index contributed by atoms with van der Waals surface area (Å²) in [7, 11) is 0.671. The predicted molar refractivity (Wildman–Crippen MR) is 96.4 cm³/mol. The van der Waals surface area contributed by atoms with Crippen LogP contribution >= 0.6 is 0 Å². The smallest absolute Gasteiger partial charge is 0.261 e. The Hall–Kier alpha value is -2.94. The second-order valence-electron chi connectivity index (χ2n) is 5.11. The standard InChI is InChI=1S/C17H20N2O6S/c1-18-17(20)11-25-13-5-7-14(8-6-13)26(21,22)19-12-4-9-15(23-2)16(10-12)24-3/h4-10,19H,11H2,1-3H3,(H,18,20). The Kier molecular flexibility index (Phi) is 6.29. The first-order valence-corrected chi connectivity index (χ1v) is 9.06. The number of sulfonamides is 1. The Labute approximate surface area is 152 Å². The minimum absolute atomic E-state index is 0.0552. The van der Waals surface area contributed by atoms with Gasteiger partial charge in [0.2, 0.25) is 0 Å². The molecule has 0 aromatic heterocycles. The van der Waals surface area contributed by atoms with Crippen LogP contribution in [0.1, 0.15) is 0 Å². The third-order valence-electron chi connectivity index (χ3n) is 3.42. The lowest BCUT2D eigenvalue weighted by Crippen LogP contribution is -2.24. The Morgan fingerprint density at radius 1 is 1.00 bits per heavy atom. The molecule has 0 saturated heterocycles. The lowest BCUT2D eigenvalue weighted by molar-refractivity contribution is -0.122. The van der Waals surface area contributed by atoms with Gasteiger partial charge in [-0.2, -0.15) is 0 Å². The monoisotopic (exact) mass is 380 g/mol.